The predicted octanol–water partition coefficient (Wildman–Crippen LogP) is 3.22. The maximum atomic E-state index is 12.4. The van der Waals surface area contributed by atoms with Crippen LogP contribution < -0.4 is 4.74 Å². The van der Waals surface area contributed by atoms with Crippen LogP contribution in [0, 0.1) is 13.8 Å². The molecule has 0 spiro atoms. The van der Waals surface area contributed by atoms with Crippen LogP contribution in [0.3, 0.4) is 0 Å². The lowest BCUT2D eigenvalue weighted by Gasteiger charge is -2.25. The fraction of sp³-hybridized carbons (Fsp3) is 0.421. The Morgan fingerprint density at radius 3 is 2.40 bits per heavy atom. The SMILES string of the molecule is CCC(=O)c1ccc(OCC(=O)N(C)[C@H](C)c2c(C)n[nH]c2C)cc1. The molecule has 0 aliphatic heterocycles. The molecule has 0 fully saturated rings. The van der Waals surface area contributed by atoms with Gasteiger partial charge in [-0.15, -0.1) is 0 Å². The third kappa shape index (κ3) is 4.26. The van der Waals surface area contributed by atoms with E-state index in [0.29, 0.717) is 17.7 Å². The Morgan fingerprint density at radius 1 is 1.24 bits per heavy atom. The molecule has 2 aromatic rings. The van der Waals surface area contributed by atoms with Crippen molar-refractivity contribution in [1.82, 2.24) is 15.1 Å². The van der Waals surface area contributed by atoms with Gasteiger partial charge in [0.25, 0.3) is 5.91 Å². The Kier molecular flexibility index (Phi) is 5.96. The Balaban J connectivity index is 1.96. The number of ketones is 1. The molecule has 25 heavy (non-hydrogen) atoms. The second-order valence-corrected chi connectivity index (χ2v) is 6.12. The number of H-pyrrole nitrogens is 1. The molecule has 6 heteroatoms. The Bertz CT molecular complexity index is 730. The normalized spacial score (nSPS) is 11.9. The molecule has 1 aromatic heterocycles. The first-order valence-electron chi connectivity index (χ1n) is 8.38. The van der Waals surface area contributed by atoms with E-state index >= 15 is 0 Å². The highest BCUT2D eigenvalue weighted by Gasteiger charge is 2.22. The lowest BCUT2D eigenvalue weighted by molar-refractivity contribution is -0.134. The van der Waals surface area contributed by atoms with Crippen molar-refractivity contribution in [3.8, 4) is 5.75 Å². The molecule has 6 nitrogen and oxygen atoms in total. The molecule has 1 heterocycles. The van der Waals surface area contributed by atoms with E-state index in [1.165, 1.54) is 0 Å². The molecule has 1 aromatic carbocycles. The Morgan fingerprint density at radius 2 is 1.88 bits per heavy atom. The molecule has 134 valence electrons. The third-order valence-electron chi connectivity index (χ3n) is 4.44. The number of aromatic amines is 1. The van der Waals surface area contributed by atoms with Gasteiger partial charge in [0.15, 0.2) is 12.4 Å². The van der Waals surface area contributed by atoms with Gasteiger partial charge in [-0.2, -0.15) is 5.10 Å². The summed E-state index contributed by atoms with van der Waals surface area (Å²) in [6.45, 7) is 7.60. The average Bonchev–Trinajstić information content (AvgIpc) is 2.96. The molecular weight excluding hydrogens is 318 g/mol. The molecule has 1 N–H and O–H groups in total. The first-order chi connectivity index (χ1) is 11.8. The zero-order valence-electron chi connectivity index (χ0n) is 15.4. The highest BCUT2D eigenvalue weighted by molar-refractivity contribution is 5.95. The summed E-state index contributed by atoms with van der Waals surface area (Å²) < 4.78 is 5.56. The van der Waals surface area contributed by atoms with E-state index < -0.39 is 0 Å². The monoisotopic (exact) mass is 343 g/mol. The van der Waals surface area contributed by atoms with Gasteiger partial charge in [0.05, 0.1) is 11.7 Å². The van der Waals surface area contributed by atoms with Gasteiger partial charge in [-0.25, -0.2) is 0 Å². The van der Waals surface area contributed by atoms with Crippen LogP contribution in [0.15, 0.2) is 24.3 Å². The van der Waals surface area contributed by atoms with Gasteiger partial charge in [0.1, 0.15) is 5.75 Å². The molecule has 0 saturated heterocycles. The minimum Gasteiger partial charge on any atom is -0.484 e. The zero-order valence-corrected chi connectivity index (χ0v) is 15.4. The number of nitrogens with zero attached hydrogens (tertiary/aromatic N) is 2. The first kappa shape index (κ1) is 18.7. The number of likely N-dealkylation sites (N-methyl/N-ethyl adjacent to an activating group) is 1. The third-order valence-corrected chi connectivity index (χ3v) is 4.44. The number of hydrogen-bond acceptors (Lipinski definition) is 4. The molecule has 0 aliphatic rings. The van der Waals surface area contributed by atoms with Gasteiger partial charge >= 0.3 is 0 Å². The number of aromatic nitrogens is 2. The lowest BCUT2D eigenvalue weighted by Crippen LogP contribution is -2.34. The summed E-state index contributed by atoms with van der Waals surface area (Å²) >= 11 is 0. The van der Waals surface area contributed by atoms with E-state index in [1.807, 2.05) is 27.7 Å². The Labute approximate surface area is 148 Å². The summed E-state index contributed by atoms with van der Waals surface area (Å²) in [7, 11) is 1.76. The topological polar surface area (TPSA) is 75.3 Å². The van der Waals surface area contributed by atoms with Crippen molar-refractivity contribution in [2.24, 2.45) is 0 Å². The molecule has 0 aliphatic carbocycles. The fourth-order valence-electron chi connectivity index (χ4n) is 2.77. The van der Waals surface area contributed by atoms with Crippen LogP contribution in [-0.4, -0.2) is 40.4 Å². The molecule has 1 atom stereocenters. The van der Waals surface area contributed by atoms with Gasteiger partial charge in [0, 0.05) is 30.3 Å². The summed E-state index contributed by atoms with van der Waals surface area (Å²) in [5, 5.41) is 7.12. The van der Waals surface area contributed by atoms with Crippen molar-refractivity contribution in [2.45, 2.75) is 40.2 Å². The second kappa shape index (κ2) is 7.96. The number of Topliss-reactive ketones (excluding diaryl/α,β-unsaturated/α-hetero) is 1. The van der Waals surface area contributed by atoms with Crippen molar-refractivity contribution in [2.75, 3.05) is 13.7 Å². The lowest BCUT2D eigenvalue weighted by atomic mass is 10.1. The minimum absolute atomic E-state index is 0.0577. The predicted molar refractivity (Wildman–Crippen MR) is 95.8 cm³/mol. The van der Waals surface area contributed by atoms with Crippen molar-refractivity contribution >= 4 is 11.7 Å². The highest BCUT2D eigenvalue weighted by atomic mass is 16.5. The molecule has 0 bridgehead atoms. The quantitative estimate of drug-likeness (QED) is 0.783. The molecular formula is C19H25N3O3. The molecule has 0 radical (unpaired) electrons. The molecule has 0 unspecified atom stereocenters. The van der Waals surface area contributed by atoms with Crippen LogP contribution in [0.4, 0.5) is 0 Å². The molecule has 1 amide bonds. The van der Waals surface area contributed by atoms with E-state index in [0.717, 1.165) is 17.0 Å². The summed E-state index contributed by atoms with van der Waals surface area (Å²) in [5.74, 6) is 0.529. The summed E-state index contributed by atoms with van der Waals surface area (Å²) in [4.78, 5) is 25.7. The van der Waals surface area contributed by atoms with Gasteiger partial charge < -0.3 is 9.64 Å². The number of rotatable bonds is 7. The van der Waals surface area contributed by atoms with E-state index in [9.17, 15) is 9.59 Å². The summed E-state index contributed by atoms with van der Waals surface area (Å²) in [6, 6.07) is 6.76. The van der Waals surface area contributed by atoms with Gasteiger partial charge in [-0.1, -0.05) is 6.92 Å². The van der Waals surface area contributed by atoms with Crippen LogP contribution in [-0.2, 0) is 4.79 Å². The maximum absolute atomic E-state index is 12.4. The van der Waals surface area contributed by atoms with Crippen molar-refractivity contribution in [3.05, 3.63) is 46.8 Å². The summed E-state index contributed by atoms with van der Waals surface area (Å²) in [5.41, 5.74) is 3.53. The van der Waals surface area contributed by atoms with E-state index in [-0.39, 0.29) is 24.3 Å². The second-order valence-electron chi connectivity index (χ2n) is 6.12. The van der Waals surface area contributed by atoms with Gasteiger partial charge in [-0.3, -0.25) is 14.7 Å². The number of benzene rings is 1. The Hall–Kier alpha value is -2.63. The van der Waals surface area contributed by atoms with Gasteiger partial charge in [-0.05, 0) is 45.0 Å². The van der Waals surface area contributed by atoms with Crippen molar-refractivity contribution in [3.63, 3.8) is 0 Å². The van der Waals surface area contributed by atoms with Crippen LogP contribution in [0.25, 0.3) is 0 Å². The highest BCUT2D eigenvalue weighted by Crippen LogP contribution is 2.24. The van der Waals surface area contributed by atoms with E-state index in [2.05, 4.69) is 10.2 Å². The number of amides is 1. The number of nitrogens with one attached hydrogen (secondary N) is 1. The smallest absolute Gasteiger partial charge is 0.260 e. The largest absolute Gasteiger partial charge is 0.484 e. The number of carbonyl (C=O) groups excluding carboxylic acids is 2. The van der Waals surface area contributed by atoms with E-state index in [1.54, 1.807) is 36.2 Å². The van der Waals surface area contributed by atoms with Crippen molar-refractivity contribution < 1.29 is 14.3 Å². The molecule has 2 rings (SSSR count). The standard InChI is InChI=1S/C19H25N3O3/c1-6-17(23)15-7-9-16(10-8-15)25-11-18(24)22(5)14(4)19-12(2)20-21-13(19)3/h7-10,14H,6,11H2,1-5H3,(H,20,21)/t14-/m1/s1. The van der Waals surface area contributed by atoms with Crippen LogP contribution in [0.5, 0.6) is 5.75 Å². The van der Waals surface area contributed by atoms with Crippen LogP contribution in [0.1, 0.15) is 53.6 Å². The first-order valence-corrected chi connectivity index (χ1v) is 8.38. The van der Waals surface area contributed by atoms with Crippen LogP contribution in [0.2, 0.25) is 0 Å². The average molecular weight is 343 g/mol. The zero-order chi connectivity index (χ0) is 18.6. The number of ether oxygens (including phenoxy) is 1. The molecule has 0 saturated carbocycles. The maximum Gasteiger partial charge on any atom is 0.260 e. The number of carbonyl (C=O) groups is 2. The van der Waals surface area contributed by atoms with Crippen LogP contribution >= 0.6 is 0 Å². The van der Waals surface area contributed by atoms with Crippen molar-refractivity contribution in [1.29, 1.82) is 0 Å². The minimum atomic E-state index is -0.124. The number of hydrogen-bond donors (Lipinski definition) is 1. The number of aryl methyl sites for hydroxylation is 2. The van der Waals surface area contributed by atoms with Gasteiger partial charge in [0.2, 0.25) is 0 Å². The van der Waals surface area contributed by atoms with E-state index in [4.69, 9.17) is 4.74 Å². The fourth-order valence-corrected chi connectivity index (χ4v) is 2.77. The summed E-state index contributed by atoms with van der Waals surface area (Å²) in [6.07, 6.45) is 0.466.